The Labute approximate surface area is 213 Å². The minimum absolute atomic E-state index is 0.0318. The van der Waals surface area contributed by atoms with Gasteiger partial charge in [0.2, 0.25) is 0 Å². The topological polar surface area (TPSA) is 55.8 Å². The fraction of sp³-hybridized carbons (Fsp3) is 0.290. The fourth-order valence-corrected chi connectivity index (χ4v) is 4.70. The number of carbonyl (C=O) groups is 2. The van der Waals surface area contributed by atoms with E-state index in [0.29, 0.717) is 16.8 Å². The van der Waals surface area contributed by atoms with E-state index in [4.69, 9.17) is 15.9 Å². The van der Waals surface area contributed by atoms with Crippen molar-refractivity contribution in [1.82, 2.24) is 0 Å². The summed E-state index contributed by atoms with van der Waals surface area (Å²) in [6.45, 7) is 7.56. The molecule has 3 aromatic carbocycles. The summed E-state index contributed by atoms with van der Waals surface area (Å²) in [5.41, 5.74) is 6.73. The smallest absolute Gasteiger partial charge is 0.414 e. The van der Waals surface area contributed by atoms with Crippen molar-refractivity contribution >= 4 is 17.7 Å². The van der Waals surface area contributed by atoms with Gasteiger partial charge in [0.1, 0.15) is 12.2 Å². The van der Waals surface area contributed by atoms with Gasteiger partial charge >= 0.3 is 12.1 Å². The number of hydrogen-bond donors (Lipinski definition) is 0. The number of anilines is 1. The Balaban J connectivity index is 1.54. The van der Waals surface area contributed by atoms with E-state index in [9.17, 15) is 9.59 Å². The second-order valence-electron chi connectivity index (χ2n) is 10.1. The number of amides is 1. The molecule has 0 radical (unpaired) electrons. The monoisotopic (exact) mass is 481 g/mol. The molecule has 5 nitrogen and oxygen atoms in total. The lowest BCUT2D eigenvalue weighted by Gasteiger charge is -2.23. The normalized spacial score (nSPS) is 12.3. The maximum atomic E-state index is 13.2. The molecule has 0 spiro atoms. The molecule has 0 fully saturated rings. The van der Waals surface area contributed by atoms with Crippen LogP contribution in [0.15, 0.2) is 60.7 Å². The Morgan fingerprint density at radius 3 is 2.14 bits per heavy atom. The van der Waals surface area contributed by atoms with E-state index < -0.39 is 11.7 Å². The molecule has 0 N–H and O–H groups in total. The first-order chi connectivity index (χ1) is 17.1. The molecule has 0 saturated carbocycles. The summed E-state index contributed by atoms with van der Waals surface area (Å²) >= 11 is 0. The second-order valence-corrected chi connectivity index (χ2v) is 10.1. The van der Waals surface area contributed by atoms with Gasteiger partial charge < -0.3 is 9.47 Å². The van der Waals surface area contributed by atoms with Crippen LogP contribution in [-0.4, -0.2) is 31.3 Å². The lowest BCUT2D eigenvalue weighted by molar-refractivity contribution is -0.153. The minimum atomic E-state index is -0.588. The quantitative estimate of drug-likeness (QED) is 0.319. The highest BCUT2D eigenvalue weighted by molar-refractivity contribution is 5.89. The zero-order valence-electron chi connectivity index (χ0n) is 21.4. The first-order valence-corrected chi connectivity index (χ1v) is 12.0. The summed E-state index contributed by atoms with van der Waals surface area (Å²) in [5, 5.41) is 0. The van der Waals surface area contributed by atoms with Gasteiger partial charge in [0.15, 0.2) is 0 Å². The van der Waals surface area contributed by atoms with Crippen LogP contribution in [0.25, 0.3) is 11.1 Å². The van der Waals surface area contributed by atoms with E-state index in [1.807, 2.05) is 52.0 Å². The molecule has 1 aliphatic rings. The van der Waals surface area contributed by atoms with Gasteiger partial charge in [0.05, 0.1) is 12.1 Å². The second kappa shape index (κ2) is 9.91. The maximum Gasteiger partial charge on any atom is 0.414 e. The molecule has 0 aromatic heterocycles. The third kappa shape index (κ3) is 5.13. The van der Waals surface area contributed by atoms with Gasteiger partial charge in [-0.3, -0.25) is 9.69 Å². The molecular formula is C31H31NO4. The zero-order valence-corrected chi connectivity index (χ0v) is 21.4. The lowest BCUT2D eigenvalue weighted by atomic mass is 9.98. The van der Waals surface area contributed by atoms with Crippen molar-refractivity contribution in [2.75, 3.05) is 18.6 Å². The van der Waals surface area contributed by atoms with Crippen molar-refractivity contribution < 1.29 is 19.1 Å². The first kappa shape index (κ1) is 25.1. The number of rotatable bonds is 5. The standard InChI is InChI=1S/C31H31NO4/c1-7-21-16-22(18-29(33)36-31(3,4)5)20(2)28(17-21)32(6)30(34)35-19-27-25-14-10-8-12-23(25)24-13-9-11-15-26(24)27/h1,8-17,27H,18-19H2,2-6H3. The lowest BCUT2D eigenvalue weighted by Crippen LogP contribution is -2.30. The Hall–Kier alpha value is -4.04. The molecule has 0 unspecified atom stereocenters. The van der Waals surface area contributed by atoms with Crippen LogP contribution in [0.1, 0.15) is 54.5 Å². The van der Waals surface area contributed by atoms with Crippen LogP contribution in [0.5, 0.6) is 0 Å². The third-order valence-corrected chi connectivity index (χ3v) is 6.38. The van der Waals surface area contributed by atoms with Crippen LogP contribution >= 0.6 is 0 Å². The van der Waals surface area contributed by atoms with Gasteiger partial charge in [0.25, 0.3) is 0 Å². The summed E-state index contributed by atoms with van der Waals surface area (Å²) in [5.74, 6) is 2.23. The number of fused-ring (bicyclic) bond motifs is 3. The predicted octanol–water partition coefficient (Wildman–Crippen LogP) is 6.25. The number of nitrogens with zero attached hydrogens (tertiary/aromatic N) is 1. The largest absolute Gasteiger partial charge is 0.460 e. The number of esters is 1. The van der Waals surface area contributed by atoms with Crippen LogP contribution in [0, 0.1) is 19.3 Å². The van der Waals surface area contributed by atoms with Gasteiger partial charge in [-0.2, -0.15) is 0 Å². The van der Waals surface area contributed by atoms with Gasteiger partial charge in [0, 0.05) is 18.5 Å². The van der Waals surface area contributed by atoms with Crippen molar-refractivity contribution in [3.8, 4) is 23.5 Å². The van der Waals surface area contributed by atoms with Crippen LogP contribution in [0.2, 0.25) is 0 Å². The van der Waals surface area contributed by atoms with Crippen molar-refractivity contribution in [2.45, 2.75) is 45.6 Å². The average molecular weight is 482 g/mol. The summed E-state index contributed by atoms with van der Waals surface area (Å²) in [6, 6.07) is 20.0. The molecule has 0 heterocycles. The Kier molecular flexibility index (Phi) is 6.90. The highest BCUT2D eigenvalue weighted by Gasteiger charge is 2.30. The van der Waals surface area contributed by atoms with Crippen LogP contribution in [0.3, 0.4) is 0 Å². The molecule has 0 bridgehead atoms. The molecule has 1 amide bonds. The zero-order chi connectivity index (χ0) is 26.0. The summed E-state index contributed by atoms with van der Waals surface area (Å²) in [4.78, 5) is 27.1. The number of carbonyl (C=O) groups excluding carboxylic acids is 2. The van der Waals surface area contributed by atoms with Crippen molar-refractivity contribution in [2.24, 2.45) is 0 Å². The van der Waals surface area contributed by atoms with Gasteiger partial charge in [-0.05, 0) is 73.2 Å². The molecule has 3 aromatic rings. The number of benzene rings is 3. The molecule has 0 saturated heterocycles. The molecule has 5 heteroatoms. The summed E-state index contributed by atoms with van der Waals surface area (Å²) in [6.07, 6.45) is 5.25. The molecular weight excluding hydrogens is 450 g/mol. The van der Waals surface area contributed by atoms with E-state index in [-0.39, 0.29) is 24.9 Å². The summed E-state index contributed by atoms with van der Waals surface area (Å²) in [7, 11) is 1.65. The van der Waals surface area contributed by atoms with E-state index in [1.165, 1.54) is 16.0 Å². The van der Waals surface area contributed by atoms with Crippen molar-refractivity contribution in [3.63, 3.8) is 0 Å². The van der Waals surface area contributed by atoms with E-state index in [0.717, 1.165) is 16.7 Å². The molecule has 1 aliphatic carbocycles. The predicted molar refractivity (Wildman–Crippen MR) is 142 cm³/mol. The highest BCUT2D eigenvalue weighted by Crippen LogP contribution is 2.44. The first-order valence-electron chi connectivity index (χ1n) is 12.0. The van der Waals surface area contributed by atoms with Gasteiger partial charge in [-0.15, -0.1) is 6.42 Å². The fourth-order valence-electron chi connectivity index (χ4n) is 4.70. The maximum absolute atomic E-state index is 13.2. The van der Waals surface area contributed by atoms with E-state index >= 15 is 0 Å². The molecule has 0 atom stereocenters. The van der Waals surface area contributed by atoms with Crippen LogP contribution in [-0.2, 0) is 20.7 Å². The summed E-state index contributed by atoms with van der Waals surface area (Å²) < 4.78 is 11.3. The number of hydrogen-bond acceptors (Lipinski definition) is 4. The highest BCUT2D eigenvalue weighted by atomic mass is 16.6. The van der Waals surface area contributed by atoms with Crippen molar-refractivity contribution in [1.29, 1.82) is 0 Å². The van der Waals surface area contributed by atoms with Crippen molar-refractivity contribution in [3.05, 3.63) is 88.5 Å². The minimum Gasteiger partial charge on any atom is -0.460 e. The van der Waals surface area contributed by atoms with E-state index in [1.54, 1.807) is 19.2 Å². The van der Waals surface area contributed by atoms with Gasteiger partial charge in [-0.25, -0.2) is 4.79 Å². The van der Waals surface area contributed by atoms with Crippen LogP contribution < -0.4 is 4.90 Å². The molecule has 184 valence electrons. The molecule has 0 aliphatic heterocycles. The Morgan fingerprint density at radius 2 is 1.58 bits per heavy atom. The third-order valence-electron chi connectivity index (χ3n) is 6.38. The number of terminal acetylenes is 1. The molecule has 36 heavy (non-hydrogen) atoms. The van der Waals surface area contributed by atoms with E-state index in [2.05, 4.69) is 30.2 Å². The number of ether oxygens (including phenoxy) is 2. The van der Waals surface area contributed by atoms with Gasteiger partial charge in [-0.1, -0.05) is 54.5 Å². The van der Waals surface area contributed by atoms with Crippen LogP contribution in [0.4, 0.5) is 10.5 Å². The Morgan fingerprint density at radius 1 is 1.00 bits per heavy atom. The Bertz CT molecular complexity index is 1310. The average Bonchev–Trinajstić information content (AvgIpc) is 3.16. The SMILES string of the molecule is C#Cc1cc(CC(=O)OC(C)(C)C)c(C)c(N(C)C(=O)OCC2c3ccccc3-c3ccccc32)c1. The molecule has 4 rings (SSSR count).